The molecule has 0 heterocycles. The number of rotatable bonds is 1. The van der Waals surface area contributed by atoms with Gasteiger partial charge < -0.3 is 0 Å². The van der Waals surface area contributed by atoms with Gasteiger partial charge in [-0.3, -0.25) is 0 Å². The average molecular weight is 196 g/mol. The Morgan fingerprint density at radius 1 is 0.867 bits per heavy atom. The molecule has 76 valence electrons. The molecule has 1 aromatic carbocycles. The van der Waals surface area contributed by atoms with Crippen molar-refractivity contribution in [3.63, 3.8) is 0 Å². The van der Waals surface area contributed by atoms with Gasteiger partial charge in [-0.15, -0.1) is 0 Å². The van der Waals surface area contributed by atoms with Crippen LogP contribution in [0.5, 0.6) is 0 Å². The molecule has 1 aliphatic rings. The Labute approximate surface area is 91.6 Å². The van der Waals surface area contributed by atoms with Gasteiger partial charge in [-0.25, -0.2) is 0 Å². The maximum absolute atomic E-state index is 2.28. The van der Waals surface area contributed by atoms with Crippen LogP contribution < -0.4 is 0 Å². The Morgan fingerprint density at radius 2 is 1.60 bits per heavy atom. The zero-order valence-electron chi connectivity index (χ0n) is 9.33. The van der Waals surface area contributed by atoms with Crippen molar-refractivity contribution in [3.05, 3.63) is 65.3 Å². The van der Waals surface area contributed by atoms with Crippen LogP contribution in [0.3, 0.4) is 0 Å². The molecule has 0 aliphatic heterocycles. The molecule has 0 amide bonds. The van der Waals surface area contributed by atoms with Crippen molar-refractivity contribution in [2.75, 3.05) is 0 Å². The first-order valence-electron chi connectivity index (χ1n) is 5.38. The number of hydrogen-bond donors (Lipinski definition) is 0. The Hall–Kier alpha value is -1.56. The van der Waals surface area contributed by atoms with Gasteiger partial charge in [0.2, 0.25) is 0 Å². The Kier molecular flexibility index (Phi) is 2.86. The molecule has 15 heavy (non-hydrogen) atoms. The molecule has 0 heteroatoms. The van der Waals surface area contributed by atoms with Gasteiger partial charge in [-0.1, -0.05) is 59.7 Å². The fourth-order valence-electron chi connectivity index (χ4n) is 1.69. The Balaban J connectivity index is 2.29. The second-order valence-corrected chi connectivity index (χ2v) is 4.04. The summed E-state index contributed by atoms with van der Waals surface area (Å²) in [4.78, 5) is 0. The Morgan fingerprint density at radius 3 is 2.33 bits per heavy atom. The lowest BCUT2D eigenvalue weighted by atomic mass is 10.0. The third kappa shape index (κ3) is 2.47. The van der Waals surface area contributed by atoms with Crippen LogP contribution in [-0.2, 0) is 0 Å². The largest absolute Gasteiger partial charge is 0.0778 e. The summed E-state index contributed by atoms with van der Waals surface area (Å²) in [6.07, 6.45) is 9.93. The molecule has 0 bridgehead atoms. The molecule has 0 saturated carbocycles. The monoisotopic (exact) mass is 196 g/mol. The summed E-state index contributed by atoms with van der Waals surface area (Å²) >= 11 is 0. The van der Waals surface area contributed by atoms with Gasteiger partial charge in [0, 0.05) is 0 Å². The predicted molar refractivity (Wildman–Crippen MR) is 66.7 cm³/mol. The summed E-state index contributed by atoms with van der Waals surface area (Å²) in [6.45, 7) is 4.26. The highest BCUT2D eigenvalue weighted by Crippen LogP contribution is 2.20. The summed E-state index contributed by atoms with van der Waals surface area (Å²) in [7, 11) is 0. The van der Waals surface area contributed by atoms with Crippen molar-refractivity contribution in [2.45, 2.75) is 20.3 Å². The van der Waals surface area contributed by atoms with Gasteiger partial charge >= 0.3 is 0 Å². The number of aryl methyl sites for hydroxylation is 1. The summed E-state index contributed by atoms with van der Waals surface area (Å²) < 4.78 is 0. The first-order chi connectivity index (χ1) is 7.25. The maximum Gasteiger partial charge on any atom is -0.0154 e. The van der Waals surface area contributed by atoms with Crippen LogP contribution in [0, 0.1) is 6.92 Å². The summed E-state index contributed by atoms with van der Waals surface area (Å²) in [5.74, 6) is 0. The summed E-state index contributed by atoms with van der Waals surface area (Å²) in [5.41, 5.74) is 5.28. The van der Waals surface area contributed by atoms with Crippen molar-refractivity contribution in [1.29, 1.82) is 0 Å². The molecule has 1 aliphatic carbocycles. The number of benzene rings is 1. The fourth-order valence-corrected chi connectivity index (χ4v) is 1.69. The van der Waals surface area contributed by atoms with Crippen LogP contribution in [0.4, 0.5) is 0 Å². The quantitative estimate of drug-likeness (QED) is 0.628. The van der Waals surface area contributed by atoms with Crippen LogP contribution in [-0.4, -0.2) is 0 Å². The van der Waals surface area contributed by atoms with Crippen molar-refractivity contribution in [2.24, 2.45) is 0 Å². The second kappa shape index (κ2) is 4.31. The minimum Gasteiger partial charge on any atom is -0.0778 e. The van der Waals surface area contributed by atoms with Crippen molar-refractivity contribution < 1.29 is 0 Å². The molecule has 0 atom stereocenters. The minimum atomic E-state index is 1.03. The van der Waals surface area contributed by atoms with Crippen molar-refractivity contribution >= 4 is 5.57 Å². The van der Waals surface area contributed by atoms with Crippen LogP contribution in [0.1, 0.15) is 24.5 Å². The van der Waals surface area contributed by atoms with E-state index in [1.807, 2.05) is 0 Å². The highest BCUT2D eigenvalue weighted by atomic mass is 14.0. The molecular weight excluding hydrogens is 180 g/mol. The van der Waals surface area contributed by atoms with Crippen molar-refractivity contribution in [1.82, 2.24) is 0 Å². The van der Waals surface area contributed by atoms with Gasteiger partial charge in [0.05, 0.1) is 0 Å². The van der Waals surface area contributed by atoms with Crippen molar-refractivity contribution in [3.8, 4) is 0 Å². The van der Waals surface area contributed by atoms with Gasteiger partial charge in [0.25, 0.3) is 0 Å². The fraction of sp³-hybridized carbons (Fsp3) is 0.200. The van der Waals surface area contributed by atoms with E-state index in [1.165, 1.54) is 22.3 Å². The van der Waals surface area contributed by atoms with Crippen LogP contribution in [0.15, 0.2) is 54.1 Å². The summed E-state index contributed by atoms with van der Waals surface area (Å²) in [5, 5.41) is 0. The third-order valence-corrected chi connectivity index (χ3v) is 2.69. The van der Waals surface area contributed by atoms with E-state index in [4.69, 9.17) is 0 Å². The van der Waals surface area contributed by atoms with Gasteiger partial charge in [0.1, 0.15) is 0 Å². The van der Waals surface area contributed by atoms with Crippen LogP contribution in [0.25, 0.3) is 5.57 Å². The molecule has 0 unspecified atom stereocenters. The third-order valence-electron chi connectivity index (χ3n) is 2.69. The minimum absolute atomic E-state index is 1.03. The molecular formula is C15H16. The maximum atomic E-state index is 2.28. The first-order valence-corrected chi connectivity index (χ1v) is 5.38. The highest BCUT2D eigenvalue weighted by Gasteiger charge is 1.99. The number of hydrogen-bond acceptors (Lipinski definition) is 0. The molecule has 0 saturated heterocycles. The standard InChI is InChI=1S/C15H16/c1-12-4-3-5-14(9-6-12)15-10-7-13(2)8-11-15/h4-11H,3H2,1-2H3. The molecule has 2 rings (SSSR count). The van der Waals surface area contributed by atoms with E-state index in [1.54, 1.807) is 0 Å². The van der Waals surface area contributed by atoms with E-state index in [2.05, 4.69) is 62.4 Å². The zero-order chi connectivity index (χ0) is 10.7. The lowest BCUT2D eigenvalue weighted by Crippen LogP contribution is -1.81. The Bertz CT molecular complexity index is 428. The highest BCUT2D eigenvalue weighted by molar-refractivity contribution is 5.75. The van der Waals surface area contributed by atoms with E-state index >= 15 is 0 Å². The average Bonchev–Trinajstić information content (AvgIpc) is 2.44. The first kappa shape index (κ1) is 9.97. The van der Waals surface area contributed by atoms with Gasteiger partial charge in [-0.05, 0) is 31.4 Å². The van der Waals surface area contributed by atoms with E-state index < -0.39 is 0 Å². The molecule has 0 aromatic heterocycles. The lowest BCUT2D eigenvalue weighted by molar-refractivity contribution is 1.35. The topological polar surface area (TPSA) is 0 Å². The van der Waals surface area contributed by atoms with Gasteiger partial charge in [0.15, 0.2) is 0 Å². The van der Waals surface area contributed by atoms with E-state index in [0.29, 0.717) is 0 Å². The number of allylic oxidation sites excluding steroid dienone is 6. The summed E-state index contributed by atoms with van der Waals surface area (Å²) in [6, 6.07) is 8.70. The van der Waals surface area contributed by atoms with Crippen LogP contribution >= 0.6 is 0 Å². The molecule has 0 spiro atoms. The SMILES string of the molecule is CC1=CCC=C(c2ccc(C)cc2)C=C1. The van der Waals surface area contributed by atoms with Gasteiger partial charge in [-0.2, -0.15) is 0 Å². The van der Waals surface area contributed by atoms with E-state index in [0.717, 1.165) is 6.42 Å². The van der Waals surface area contributed by atoms with E-state index in [9.17, 15) is 0 Å². The molecule has 0 fully saturated rings. The lowest BCUT2D eigenvalue weighted by Gasteiger charge is -2.02. The smallest absolute Gasteiger partial charge is 0.0154 e. The van der Waals surface area contributed by atoms with Crippen LogP contribution in [0.2, 0.25) is 0 Å². The molecule has 0 N–H and O–H groups in total. The molecule has 0 radical (unpaired) electrons. The second-order valence-electron chi connectivity index (χ2n) is 4.04. The normalized spacial score (nSPS) is 15.6. The molecule has 0 nitrogen and oxygen atoms in total. The zero-order valence-corrected chi connectivity index (χ0v) is 9.33. The predicted octanol–water partition coefficient (Wildman–Crippen LogP) is 4.28. The van der Waals surface area contributed by atoms with E-state index in [-0.39, 0.29) is 0 Å². The molecule has 1 aromatic rings.